The molecule has 2 aromatic carbocycles. The van der Waals surface area contributed by atoms with Crippen molar-refractivity contribution in [3.8, 4) is 5.75 Å². The fourth-order valence-electron chi connectivity index (χ4n) is 4.21. The molecule has 1 amide bonds. The van der Waals surface area contributed by atoms with Crippen LogP contribution >= 0.6 is 0 Å². The van der Waals surface area contributed by atoms with Gasteiger partial charge in [-0.05, 0) is 67.3 Å². The second-order valence-electron chi connectivity index (χ2n) is 7.46. The molecule has 4 rings (SSSR count). The Labute approximate surface area is 161 Å². The molecular weight excluding hydrogens is 336 g/mol. The molecule has 1 aliphatic carbocycles. The summed E-state index contributed by atoms with van der Waals surface area (Å²) in [6.07, 6.45) is 6.71. The first kappa shape index (κ1) is 17.9. The molecule has 0 atom stereocenters. The zero-order valence-corrected chi connectivity index (χ0v) is 15.9. The smallest absolute Gasteiger partial charge is 0.257 e. The molecule has 1 N–H and O–H groups in total. The Bertz CT molecular complexity index is 803. The SMILES string of the molecule is O=C(COc1cccc2c1CCCC2)NCCCN1CCc2ccccc21. The Morgan fingerprint density at radius 1 is 1.00 bits per heavy atom. The topological polar surface area (TPSA) is 41.6 Å². The monoisotopic (exact) mass is 364 g/mol. The highest BCUT2D eigenvalue weighted by molar-refractivity contribution is 5.77. The number of rotatable bonds is 7. The Balaban J connectivity index is 1.19. The van der Waals surface area contributed by atoms with Crippen LogP contribution < -0.4 is 15.0 Å². The summed E-state index contributed by atoms with van der Waals surface area (Å²) in [7, 11) is 0. The van der Waals surface area contributed by atoms with E-state index >= 15 is 0 Å². The van der Waals surface area contributed by atoms with E-state index < -0.39 is 0 Å². The van der Waals surface area contributed by atoms with Crippen molar-refractivity contribution in [2.75, 3.05) is 31.1 Å². The minimum atomic E-state index is -0.0368. The molecule has 4 heteroatoms. The first-order chi connectivity index (χ1) is 13.3. The zero-order chi connectivity index (χ0) is 18.5. The molecule has 0 saturated carbocycles. The number of nitrogens with zero attached hydrogens (tertiary/aromatic N) is 1. The summed E-state index contributed by atoms with van der Waals surface area (Å²) >= 11 is 0. The third-order valence-corrected chi connectivity index (χ3v) is 5.62. The van der Waals surface area contributed by atoms with Gasteiger partial charge in [0.05, 0.1) is 0 Å². The van der Waals surface area contributed by atoms with Gasteiger partial charge in [0.1, 0.15) is 5.75 Å². The highest BCUT2D eigenvalue weighted by Gasteiger charge is 2.17. The Kier molecular flexibility index (Phi) is 5.61. The number of para-hydroxylation sites is 1. The van der Waals surface area contributed by atoms with Crippen molar-refractivity contribution in [2.45, 2.75) is 38.5 Å². The third kappa shape index (κ3) is 4.26. The van der Waals surface area contributed by atoms with E-state index in [1.54, 1.807) is 0 Å². The molecule has 0 bridgehead atoms. The lowest BCUT2D eigenvalue weighted by molar-refractivity contribution is -0.123. The molecule has 0 radical (unpaired) electrons. The molecule has 1 heterocycles. The molecule has 0 unspecified atom stereocenters. The van der Waals surface area contributed by atoms with Crippen LogP contribution in [0, 0.1) is 0 Å². The number of hydrogen-bond acceptors (Lipinski definition) is 3. The van der Waals surface area contributed by atoms with Gasteiger partial charge in [0, 0.05) is 25.3 Å². The van der Waals surface area contributed by atoms with Gasteiger partial charge < -0.3 is 15.0 Å². The maximum atomic E-state index is 12.1. The van der Waals surface area contributed by atoms with Crippen LogP contribution in [0.5, 0.6) is 5.75 Å². The Morgan fingerprint density at radius 2 is 1.85 bits per heavy atom. The van der Waals surface area contributed by atoms with E-state index in [-0.39, 0.29) is 12.5 Å². The van der Waals surface area contributed by atoms with E-state index in [1.807, 2.05) is 12.1 Å². The highest BCUT2D eigenvalue weighted by atomic mass is 16.5. The maximum absolute atomic E-state index is 12.1. The van der Waals surface area contributed by atoms with Crippen molar-refractivity contribution >= 4 is 11.6 Å². The standard InChI is InChI=1S/C23H28N2O2/c26-23(17-27-22-12-5-9-18-7-1-3-10-20(18)22)24-14-6-15-25-16-13-19-8-2-4-11-21(19)25/h2,4-5,8-9,11-12H,1,3,6-7,10,13-17H2,(H,24,26). The summed E-state index contributed by atoms with van der Waals surface area (Å²) in [6, 6.07) is 14.8. The lowest BCUT2D eigenvalue weighted by atomic mass is 9.91. The van der Waals surface area contributed by atoms with Gasteiger partial charge >= 0.3 is 0 Å². The second kappa shape index (κ2) is 8.47. The number of amides is 1. The molecule has 27 heavy (non-hydrogen) atoms. The number of carbonyl (C=O) groups is 1. The van der Waals surface area contributed by atoms with Crippen LogP contribution in [0.4, 0.5) is 5.69 Å². The van der Waals surface area contributed by atoms with E-state index in [2.05, 4.69) is 40.5 Å². The van der Waals surface area contributed by atoms with Crippen LogP contribution in [0.15, 0.2) is 42.5 Å². The van der Waals surface area contributed by atoms with Crippen molar-refractivity contribution in [3.63, 3.8) is 0 Å². The molecule has 4 nitrogen and oxygen atoms in total. The normalized spacial score (nSPS) is 15.2. The number of benzene rings is 2. The van der Waals surface area contributed by atoms with Gasteiger partial charge in [-0.15, -0.1) is 0 Å². The Morgan fingerprint density at radius 3 is 2.81 bits per heavy atom. The summed E-state index contributed by atoms with van der Waals surface area (Å²) in [5.74, 6) is 0.848. The minimum absolute atomic E-state index is 0.0368. The molecule has 1 aliphatic heterocycles. The first-order valence-corrected chi connectivity index (χ1v) is 10.1. The molecule has 0 saturated heterocycles. The zero-order valence-electron chi connectivity index (χ0n) is 15.9. The number of anilines is 1. The first-order valence-electron chi connectivity index (χ1n) is 10.1. The van der Waals surface area contributed by atoms with Crippen LogP contribution in [-0.2, 0) is 24.1 Å². The minimum Gasteiger partial charge on any atom is -0.483 e. The van der Waals surface area contributed by atoms with Crippen LogP contribution in [-0.4, -0.2) is 32.1 Å². The van der Waals surface area contributed by atoms with Crippen molar-refractivity contribution in [1.82, 2.24) is 5.32 Å². The van der Waals surface area contributed by atoms with Gasteiger partial charge in [-0.25, -0.2) is 0 Å². The van der Waals surface area contributed by atoms with Crippen LogP contribution in [0.3, 0.4) is 0 Å². The van der Waals surface area contributed by atoms with Gasteiger partial charge in [-0.1, -0.05) is 30.3 Å². The number of carbonyl (C=O) groups excluding carboxylic acids is 1. The highest BCUT2D eigenvalue weighted by Crippen LogP contribution is 2.29. The average Bonchev–Trinajstić information content (AvgIpc) is 3.13. The van der Waals surface area contributed by atoms with E-state index in [1.165, 1.54) is 35.2 Å². The largest absolute Gasteiger partial charge is 0.483 e. The predicted octanol–water partition coefficient (Wildman–Crippen LogP) is 3.51. The van der Waals surface area contributed by atoms with Gasteiger partial charge in [0.2, 0.25) is 0 Å². The second-order valence-corrected chi connectivity index (χ2v) is 7.46. The molecule has 2 aromatic rings. The molecule has 2 aliphatic rings. The van der Waals surface area contributed by atoms with Gasteiger partial charge in [0.25, 0.3) is 5.91 Å². The summed E-state index contributed by atoms with van der Waals surface area (Å²) in [5, 5.41) is 2.99. The van der Waals surface area contributed by atoms with E-state index in [0.717, 1.165) is 44.5 Å². The van der Waals surface area contributed by atoms with Crippen LogP contribution in [0.1, 0.15) is 36.0 Å². The van der Waals surface area contributed by atoms with Crippen molar-refractivity contribution in [1.29, 1.82) is 0 Å². The summed E-state index contributed by atoms with van der Waals surface area (Å²) in [5.41, 5.74) is 5.46. The fourth-order valence-corrected chi connectivity index (χ4v) is 4.21. The number of fused-ring (bicyclic) bond motifs is 2. The third-order valence-electron chi connectivity index (χ3n) is 5.62. The van der Waals surface area contributed by atoms with Crippen molar-refractivity contribution in [3.05, 3.63) is 59.2 Å². The van der Waals surface area contributed by atoms with Crippen molar-refractivity contribution in [2.24, 2.45) is 0 Å². The molecule has 0 fully saturated rings. The summed E-state index contributed by atoms with van der Waals surface area (Å²) < 4.78 is 5.82. The predicted molar refractivity (Wildman–Crippen MR) is 109 cm³/mol. The van der Waals surface area contributed by atoms with Gasteiger partial charge in [0.15, 0.2) is 6.61 Å². The number of ether oxygens (including phenoxy) is 1. The van der Waals surface area contributed by atoms with Crippen LogP contribution in [0.2, 0.25) is 0 Å². The number of nitrogens with one attached hydrogen (secondary N) is 1. The Hall–Kier alpha value is -2.49. The lowest BCUT2D eigenvalue weighted by Gasteiger charge is -2.20. The van der Waals surface area contributed by atoms with Crippen LogP contribution in [0.25, 0.3) is 0 Å². The fraction of sp³-hybridized carbons (Fsp3) is 0.435. The molecule has 142 valence electrons. The van der Waals surface area contributed by atoms with E-state index in [4.69, 9.17) is 4.74 Å². The number of hydrogen-bond donors (Lipinski definition) is 1. The molecular formula is C23H28N2O2. The summed E-state index contributed by atoms with van der Waals surface area (Å²) in [4.78, 5) is 14.5. The molecule has 0 spiro atoms. The van der Waals surface area contributed by atoms with E-state index in [0.29, 0.717) is 6.54 Å². The lowest BCUT2D eigenvalue weighted by Crippen LogP contribution is -2.32. The maximum Gasteiger partial charge on any atom is 0.257 e. The quantitative estimate of drug-likeness (QED) is 0.765. The summed E-state index contributed by atoms with van der Waals surface area (Å²) in [6.45, 7) is 2.84. The van der Waals surface area contributed by atoms with Gasteiger partial charge in [-0.3, -0.25) is 4.79 Å². The average molecular weight is 364 g/mol. The van der Waals surface area contributed by atoms with E-state index in [9.17, 15) is 4.79 Å². The number of aryl methyl sites for hydroxylation is 1. The van der Waals surface area contributed by atoms with Gasteiger partial charge in [-0.2, -0.15) is 0 Å². The molecule has 0 aromatic heterocycles. The van der Waals surface area contributed by atoms with Crippen molar-refractivity contribution < 1.29 is 9.53 Å².